The van der Waals surface area contributed by atoms with Crippen molar-refractivity contribution in [2.24, 2.45) is 5.73 Å². The molecule has 1 nitrogen and oxygen atoms in total. The Bertz CT molecular complexity index is 139. The molecule has 0 aromatic heterocycles. The second-order valence-corrected chi connectivity index (χ2v) is 1.73. The van der Waals surface area contributed by atoms with Gasteiger partial charge in [-0.2, -0.15) is 0 Å². The maximum atomic E-state index is 5.54. The van der Waals surface area contributed by atoms with Crippen LogP contribution in [0.1, 0.15) is 13.8 Å². The first-order chi connectivity index (χ1) is 5.39. The van der Waals surface area contributed by atoms with Gasteiger partial charge < -0.3 is 5.73 Å². The zero-order valence-electron chi connectivity index (χ0n) is 7.34. The zero-order valence-corrected chi connectivity index (χ0v) is 8.10. The van der Waals surface area contributed by atoms with Crippen LogP contribution in [0.2, 0.25) is 5.02 Å². The zero-order chi connectivity index (χ0) is 9.11. The second kappa shape index (κ2) is 12.2. The molecule has 0 saturated heterocycles. The molecule has 0 heterocycles. The Morgan fingerprint density at radius 1 is 1.00 bits per heavy atom. The van der Waals surface area contributed by atoms with Gasteiger partial charge in [0.15, 0.2) is 0 Å². The molecular weight excluding hydrogens is 158 g/mol. The van der Waals surface area contributed by atoms with Gasteiger partial charge in [-0.3, -0.25) is 0 Å². The van der Waals surface area contributed by atoms with Gasteiger partial charge in [-0.1, -0.05) is 43.6 Å². The number of benzene rings is 1. The quantitative estimate of drug-likeness (QED) is 0.642. The molecule has 0 spiro atoms. The topological polar surface area (TPSA) is 26.0 Å². The van der Waals surface area contributed by atoms with E-state index in [0.717, 1.165) is 5.02 Å². The SMILES string of the molecule is CC.CN.Clc1ccccc1. The van der Waals surface area contributed by atoms with E-state index in [1.54, 1.807) is 0 Å². The van der Waals surface area contributed by atoms with Crippen LogP contribution < -0.4 is 5.73 Å². The largest absolute Gasteiger partial charge is 0.333 e. The Balaban J connectivity index is 0. The molecule has 1 aromatic rings. The van der Waals surface area contributed by atoms with Crippen molar-refractivity contribution >= 4 is 11.6 Å². The van der Waals surface area contributed by atoms with Crippen molar-refractivity contribution in [3.63, 3.8) is 0 Å². The van der Waals surface area contributed by atoms with E-state index < -0.39 is 0 Å². The lowest BCUT2D eigenvalue weighted by atomic mass is 10.4. The summed E-state index contributed by atoms with van der Waals surface area (Å²) in [6, 6.07) is 9.44. The molecule has 0 unspecified atom stereocenters. The maximum absolute atomic E-state index is 5.54. The van der Waals surface area contributed by atoms with Crippen LogP contribution in [0.4, 0.5) is 0 Å². The van der Waals surface area contributed by atoms with E-state index in [1.807, 2.05) is 44.2 Å². The van der Waals surface area contributed by atoms with Crippen molar-refractivity contribution in [1.82, 2.24) is 0 Å². The summed E-state index contributed by atoms with van der Waals surface area (Å²) < 4.78 is 0. The van der Waals surface area contributed by atoms with Crippen LogP contribution in [-0.2, 0) is 0 Å². The first-order valence-electron chi connectivity index (χ1n) is 3.68. The van der Waals surface area contributed by atoms with Crippen LogP contribution in [-0.4, -0.2) is 7.05 Å². The Labute approximate surface area is 74.2 Å². The van der Waals surface area contributed by atoms with E-state index in [0.29, 0.717) is 0 Å². The molecule has 0 saturated carbocycles. The van der Waals surface area contributed by atoms with E-state index in [-0.39, 0.29) is 0 Å². The lowest BCUT2D eigenvalue weighted by molar-refractivity contribution is 1.48. The van der Waals surface area contributed by atoms with Crippen molar-refractivity contribution in [3.05, 3.63) is 35.4 Å². The van der Waals surface area contributed by atoms with Crippen LogP contribution in [0.15, 0.2) is 30.3 Å². The average Bonchev–Trinajstić information content (AvgIpc) is 2.13. The summed E-state index contributed by atoms with van der Waals surface area (Å²) in [6.45, 7) is 4.00. The molecular formula is C9H16ClN. The molecule has 64 valence electrons. The summed E-state index contributed by atoms with van der Waals surface area (Å²) in [5.41, 5.74) is 4.50. The number of halogens is 1. The molecule has 1 rings (SSSR count). The molecule has 0 atom stereocenters. The van der Waals surface area contributed by atoms with Crippen LogP contribution >= 0.6 is 11.6 Å². The number of rotatable bonds is 0. The molecule has 0 radical (unpaired) electrons. The molecule has 2 heteroatoms. The molecule has 0 aliphatic heterocycles. The number of nitrogens with two attached hydrogens (primary N) is 1. The average molecular weight is 174 g/mol. The van der Waals surface area contributed by atoms with Crippen LogP contribution in [0.25, 0.3) is 0 Å². The van der Waals surface area contributed by atoms with Gasteiger partial charge in [0, 0.05) is 5.02 Å². The fourth-order valence-electron chi connectivity index (χ4n) is 0.415. The summed E-state index contributed by atoms with van der Waals surface area (Å²) in [5, 5.41) is 0.794. The summed E-state index contributed by atoms with van der Waals surface area (Å²) in [6.07, 6.45) is 0. The fraction of sp³-hybridized carbons (Fsp3) is 0.333. The Kier molecular flexibility index (Phi) is 14.5. The third-order valence-electron chi connectivity index (χ3n) is 0.733. The van der Waals surface area contributed by atoms with Crippen LogP contribution in [0, 0.1) is 0 Å². The minimum atomic E-state index is 0.794. The Hall–Kier alpha value is -0.530. The Morgan fingerprint density at radius 3 is 1.55 bits per heavy atom. The van der Waals surface area contributed by atoms with Crippen LogP contribution in [0.5, 0.6) is 0 Å². The fourth-order valence-corrected chi connectivity index (χ4v) is 0.560. The predicted octanol–water partition coefficient (Wildman–Crippen LogP) is 2.94. The van der Waals surface area contributed by atoms with Gasteiger partial charge in [0.2, 0.25) is 0 Å². The highest BCUT2D eigenvalue weighted by atomic mass is 35.5. The lowest BCUT2D eigenvalue weighted by Crippen LogP contribution is -1.69. The predicted molar refractivity (Wildman–Crippen MR) is 52.9 cm³/mol. The standard InChI is InChI=1S/C6H5Cl.C2H6.CH5N/c7-6-4-2-1-3-5-6;2*1-2/h1-5H;1-2H3;2H2,1H3. The maximum Gasteiger partial charge on any atom is 0.0405 e. The molecule has 2 N–H and O–H groups in total. The first-order valence-corrected chi connectivity index (χ1v) is 4.05. The summed E-state index contributed by atoms with van der Waals surface area (Å²) in [4.78, 5) is 0. The monoisotopic (exact) mass is 173 g/mol. The van der Waals surface area contributed by atoms with E-state index >= 15 is 0 Å². The number of hydrogen-bond donors (Lipinski definition) is 1. The van der Waals surface area contributed by atoms with Gasteiger partial charge in [-0.05, 0) is 19.2 Å². The van der Waals surface area contributed by atoms with E-state index in [2.05, 4.69) is 5.73 Å². The van der Waals surface area contributed by atoms with Gasteiger partial charge in [0.1, 0.15) is 0 Å². The van der Waals surface area contributed by atoms with Gasteiger partial charge in [-0.15, -0.1) is 0 Å². The minimum absolute atomic E-state index is 0.794. The molecule has 0 fully saturated rings. The third kappa shape index (κ3) is 9.47. The first kappa shape index (κ1) is 13.1. The van der Waals surface area contributed by atoms with E-state index in [4.69, 9.17) is 11.6 Å². The van der Waals surface area contributed by atoms with Crippen molar-refractivity contribution in [1.29, 1.82) is 0 Å². The highest BCUT2D eigenvalue weighted by Crippen LogP contribution is 2.03. The third-order valence-corrected chi connectivity index (χ3v) is 0.985. The lowest BCUT2D eigenvalue weighted by Gasteiger charge is -1.80. The van der Waals surface area contributed by atoms with Gasteiger partial charge in [-0.25, -0.2) is 0 Å². The summed E-state index contributed by atoms with van der Waals surface area (Å²) in [5.74, 6) is 0. The van der Waals surface area contributed by atoms with Crippen molar-refractivity contribution in [2.45, 2.75) is 13.8 Å². The summed E-state index contributed by atoms with van der Waals surface area (Å²) >= 11 is 5.54. The molecule has 0 amide bonds. The van der Waals surface area contributed by atoms with Gasteiger partial charge in [0.05, 0.1) is 0 Å². The molecule has 0 aliphatic carbocycles. The smallest absolute Gasteiger partial charge is 0.0405 e. The normalized spacial score (nSPS) is 6.64. The molecule has 1 aromatic carbocycles. The molecule has 0 bridgehead atoms. The number of hydrogen-bond acceptors (Lipinski definition) is 1. The Morgan fingerprint density at radius 2 is 1.36 bits per heavy atom. The summed E-state index contributed by atoms with van der Waals surface area (Å²) in [7, 11) is 1.50. The van der Waals surface area contributed by atoms with Crippen molar-refractivity contribution < 1.29 is 0 Å². The van der Waals surface area contributed by atoms with Gasteiger partial charge >= 0.3 is 0 Å². The molecule has 0 aliphatic rings. The minimum Gasteiger partial charge on any atom is -0.333 e. The van der Waals surface area contributed by atoms with Crippen LogP contribution in [0.3, 0.4) is 0 Å². The highest BCUT2D eigenvalue weighted by Gasteiger charge is 1.74. The van der Waals surface area contributed by atoms with Crippen molar-refractivity contribution in [3.8, 4) is 0 Å². The van der Waals surface area contributed by atoms with Gasteiger partial charge in [0.25, 0.3) is 0 Å². The molecule has 11 heavy (non-hydrogen) atoms. The highest BCUT2D eigenvalue weighted by molar-refractivity contribution is 6.30. The van der Waals surface area contributed by atoms with Crippen molar-refractivity contribution in [2.75, 3.05) is 7.05 Å². The van der Waals surface area contributed by atoms with E-state index in [9.17, 15) is 0 Å². The van der Waals surface area contributed by atoms with E-state index in [1.165, 1.54) is 7.05 Å². The second-order valence-electron chi connectivity index (χ2n) is 1.30.